The molecule has 3 rings (SSSR count). The van der Waals surface area contributed by atoms with Crippen molar-refractivity contribution in [2.24, 2.45) is 5.92 Å². The van der Waals surface area contributed by atoms with Crippen LogP contribution in [0.15, 0.2) is 12.3 Å². The van der Waals surface area contributed by atoms with Gasteiger partial charge in [-0.25, -0.2) is 4.98 Å². The minimum Gasteiger partial charge on any atom is -0.378 e. The molecule has 166 valence electrons. The Labute approximate surface area is 177 Å². The fourth-order valence-corrected chi connectivity index (χ4v) is 3.95. The van der Waals surface area contributed by atoms with Gasteiger partial charge in [0.15, 0.2) is 0 Å². The summed E-state index contributed by atoms with van der Waals surface area (Å²) in [6.45, 7) is 2.97. The van der Waals surface area contributed by atoms with E-state index in [1.807, 2.05) is 0 Å². The van der Waals surface area contributed by atoms with Gasteiger partial charge in [0, 0.05) is 45.3 Å². The zero-order valence-electron chi connectivity index (χ0n) is 16.6. The topological polar surface area (TPSA) is 66.0 Å². The average molecular weight is 449 g/mol. The Morgan fingerprint density at radius 1 is 1.23 bits per heavy atom. The van der Waals surface area contributed by atoms with E-state index in [1.54, 1.807) is 16.8 Å². The van der Waals surface area contributed by atoms with Crippen LogP contribution in [-0.2, 0) is 20.5 Å². The Kier molecular flexibility index (Phi) is 7.07. The number of hydrogen-bond donors (Lipinski definition) is 0. The van der Waals surface area contributed by atoms with Crippen LogP contribution in [0.5, 0.6) is 0 Å². The van der Waals surface area contributed by atoms with E-state index < -0.39 is 11.7 Å². The number of alkyl halides is 3. The summed E-state index contributed by atoms with van der Waals surface area (Å²) in [5, 5.41) is -0.0668. The van der Waals surface area contributed by atoms with Gasteiger partial charge < -0.3 is 19.4 Å². The largest absolute Gasteiger partial charge is 0.417 e. The fraction of sp³-hybridized carbons (Fsp3) is 0.632. The molecular weight excluding hydrogens is 425 g/mol. The summed E-state index contributed by atoms with van der Waals surface area (Å²) in [5.41, 5.74) is -0.895. The summed E-state index contributed by atoms with van der Waals surface area (Å²) in [4.78, 5) is 33.9. The number of hydrogen-bond acceptors (Lipinski definition) is 5. The number of amides is 2. The molecule has 0 aromatic carbocycles. The molecule has 0 radical (unpaired) electrons. The molecule has 11 heteroatoms. The summed E-state index contributed by atoms with van der Waals surface area (Å²) in [6.07, 6.45) is -2.72. The summed E-state index contributed by atoms with van der Waals surface area (Å²) in [5.74, 6) is -0.182. The molecule has 2 fully saturated rings. The van der Waals surface area contributed by atoms with Crippen LogP contribution >= 0.6 is 11.6 Å². The van der Waals surface area contributed by atoms with Crippen molar-refractivity contribution >= 4 is 29.2 Å². The summed E-state index contributed by atoms with van der Waals surface area (Å²) in [6, 6.07) is 0.867. The summed E-state index contributed by atoms with van der Waals surface area (Å²) in [7, 11) is 1.61. The normalized spacial score (nSPS) is 18.4. The highest BCUT2D eigenvalue weighted by atomic mass is 35.5. The van der Waals surface area contributed by atoms with E-state index in [0.29, 0.717) is 52.2 Å². The van der Waals surface area contributed by atoms with Crippen molar-refractivity contribution in [1.29, 1.82) is 0 Å². The van der Waals surface area contributed by atoms with Crippen molar-refractivity contribution < 1.29 is 27.5 Å². The molecule has 2 amide bonds. The molecule has 0 N–H and O–H groups in total. The van der Waals surface area contributed by atoms with E-state index in [1.165, 1.54) is 4.90 Å². The summed E-state index contributed by atoms with van der Waals surface area (Å²) < 4.78 is 43.6. The van der Waals surface area contributed by atoms with Gasteiger partial charge in [-0.2, -0.15) is 13.2 Å². The molecule has 0 bridgehead atoms. The smallest absolute Gasteiger partial charge is 0.378 e. The monoisotopic (exact) mass is 448 g/mol. The lowest BCUT2D eigenvalue weighted by Gasteiger charge is -2.35. The predicted octanol–water partition coefficient (Wildman–Crippen LogP) is 2.29. The maximum atomic E-state index is 12.8. The van der Waals surface area contributed by atoms with Crippen molar-refractivity contribution in [2.75, 3.05) is 57.9 Å². The zero-order chi connectivity index (χ0) is 21.9. The van der Waals surface area contributed by atoms with Crippen molar-refractivity contribution in [3.63, 3.8) is 0 Å². The number of carbonyl (C=O) groups is 2. The number of morpholine rings is 1. The first-order valence-corrected chi connectivity index (χ1v) is 10.1. The van der Waals surface area contributed by atoms with Crippen LogP contribution < -0.4 is 4.90 Å². The van der Waals surface area contributed by atoms with Gasteiger partial charge in [-0.05, 0) is 18.9 Å². The number of ether oxygens (including phenoxy) is 1. The third kappa shape index (κ3) is 5.34. The number of anilines is 1. The Morgan fingerprint density at radius 3 is 2.43 bits per heavy atom. The highest BCUT2D eigenvalue weighted by Gasteiger charge is 2.33. The van der Waals surface area contributed by atoms with Gasteiger partial charge >= 0.3 is 6.18 Å². The minimum absolute atomic E-state index is 0.0192. The third-order valence-electron chi connectivity index (χ3n) is 5.41. The number of likely N-dealkylation sites (N-methyl/N-ethyl adjacent to an activating group) is 1. The second-order valence-corrected chi connectivity index (χ2v) is 7.88. The molecule has 0 saturated carbocycles. The highest BCUT2D eigenvalue weighted by Crippen LogP contribution is 2.34. The Hall–Kier alpha value is -2.07. The number of rotatable bonds is 4. The van der Waals surface area contributed by atoms with E-state index in [-0.39, 0.29) is 35.1 Å². The van der Waals surface area contributed by atoms with Crippen molar-refractivity contribution in [3.8, 4) is 0 Å². The molecule has 0 atom stereocenters. The second kappa shape index (κ2) is 9.38. The van der Waals surface area contributed by atoms with Gasteiger partial charge in [-0.15, -0.1) is 0 Å². The van der Waals surface area contributed by atoms with Gasteiger partial charge in [0.25, 0.3) is 0 Å². The van der Waals surface area contributed by atoms with E-state index in [9.17, 15) is 22.8 Å². The summed E-state index contributed by atoms with van der Waals surface area (Å²) >= 11 is 6.02. The zero-order valence-corrected chi connectivity index (χ0v) is 17.4. The molecule has 1 aromatic rings. The number of piperidine rings is 1. The first kappa shape index (κ1) is 22.6. The highest BCUT2D eigenvalue weighted by molar-refractivity contribution is 6.33. The SMILES string of the molecule is CN(CC(=O)N1CCOCC1)C(=O)C1CCN(c2ncc(C(F)(F)F)cc2Cl)CC1. The first-order chi connectivity index (χ1) is 14.2. The number of halogens is 4. The molecule has 7 nitrogen and oxygen atoms in total. The molecular formula is C19H24ClF3N4O3. The van der Waals surface area contributed by atoms with E-state index in [4.69, 9.17) is 16.3 Å². The molecule has 2 aliphatic rings. The molecule has 0 unspecified atom stereocenters. The van der Waals surface area contributed by atoms with Gasteiger partial charge in [0.2, 0.25) is 11.8 Å². The van der Waals surface area contributed by atoms with E-state index in [2.05, 4.69) is 4.98 Å². The lowest BCUT2D eigenvalue weighted by molar-refractivity contribution is -0.144. The van der Waals surface area contributed by atoms with Gasteiger partial charge in [-0.1, -0.05) is 11.6 Å². The molecule has 2 aliphatic heterocycles. The lowest BCUT2D eigenvalue weighted by atomic mass is 9.95. The minimum atomic E-state index is -4.50. The predicted molar refractivity (Wildman–Crippen MR) is 104 cm³/mol. The molecule has 1 aromatic heterocycles. The molecule has 0 spiro atoms. The van der Waals surface area contributed by atoms with Crippen LogP contribution in [0.25, 0.3) is 0 Å². The Morgan fingerprint density at radius 2 is 1.87 bits per heavy atom. The number of nitrogens with zero attached hydrogens (tertiary/aromatic N) is 4. The second-order valence-electron chi connectivity index (χ2n) is 7.48. The molecule has 0 aliphatic carbocycles. The van der Waals surface area contributed by atoms with Gasteiger partial charge in [-0.3, -0.25) is 9.59 Å². The van der Waals surface area contributed by atoms with E-state index in [0.717, 1.165) is 12.3 Å². The first-order valence-electron chi connectivity index (χ1n) is 9.75. The van der Waals surface area contributed by atoms with E-state index >= 15 is 0 Å². The quantitative estimate of drug-likeness (QED) is 0.707. The Bertz CT molecular complexity index is 779. The van der Waals surface area contributed by atoms with Crippen LogP contribution in [0.1, 0.15) is 18.4 Å². The average Bonchev–Trinajstić information content (AvgIpc) is 2.73. The van der Waals surface area contributed by atoms with Crippen LogP contribution in [0, 0.1) is 5.92 Å². The molecule has 30 heavy (non-hydrogen) atoms. The van der Waals surface area contributed by atoms with Crippen molar-refractivity contribution in [3.05, 3.63) is 22.8 Å². The van der Waals surface area contributed by atoms with Crippen LogP contribution in [0.2, 0.25) is 5.02 Å². The Balaban J connectivity index is 1.53. The number of pyridine rings is 1. The third-order valence-corrected chi connectivity index (χ3v) is 5.68. The lowest BCUT2D eigenvalue weighted by Crippen LogP contribution is -2.48. The van der Waals surface area contributed by atoms with Gasteiger partial charge in [0.05, 0.1) is 30.3 Å². The maximum absolute atomic E-state index is 12.8. The van der Waals surface area contributed by atoms with Crippen molar-refractivity contribution in [1.82, 2.24) is 14.8 Å². The van der Waals surface area contributed by atoms with Gasteiger partial charge in [0.1, 0.15) is 5.82 Å². The standard InChI is InChI=1S/C19H24ClF3N4O3/c1-25(12-16(28)26-6-8-30-9-7-26)18(29)13-2-4-27(5-3-13)17-15(20)10-14(11-24-17)19(21,22)23/h10-11,13H,2-9,12H2,1H3. The fourth-order valence-electron chi connectivity index (χ4n) is 3.66. The number of aromatic nitrogens is 1. The van der Waals surface area contributed by atoms with Crippen LogP contribution in [0.3, 0.4) is 0 Å². The van der Waals surface area contributed by atoms with Crippen LogP contribution in [-0.4, -0.2) is 79.6 Å². The molecule has 3 heterocycles. The number of carbonyl (C=O) groups excluding carboxylic acids is 2. The van der Waals surface area contributed by atoms with Crippen molar-refractivity contribution in [2.45, 2.75) is 19.0 Å². The maximum Gasteiger partial charge on any atom is 0.417 e. The molecule has 2 saturated heterocycles. The van der Waals surface area contributed by atoms with Crippen LogP contribution in [0.4, 0.5) is 19.0 Å².